The first-order valence-corrected chi connectivity index (χ1v) is 8.32. The average molecular weight is 366 g/mol. The topological polar surface area (TPSA) is 105 Å². The lowest BCUT2D eigenvalue weighted by molar-refractivity contribution is -0.137. The van der Waals surface area contributed by atoms with Gasteiger partial charge in [-0.05, 0) is 17.7 Å². The summed E-state index contributed by atoms with van der Waals surface area (Å²) in [5.74, 6) is -0.152. The summed E-state index contributed by atoms with van der Waals surface area (Å²) in [7, 11) is 0. The van der Waals surface area contributed by atoms with Crippen LogP contribution in [0.4, 0.5) is 0 Å². The molecule has 0 aliphatic rings. The lowest BCUT2D eigenvalue weighted by Gasteiger charge is -2.17. The van der Waals surface area contributed by atoms with Crippen LogP contribution in [0.3, 0.4) is 0 Å². The minimum atomic E-state index is -1.00. The number of halogens is 1. The van der Waals surface area contributed by atoms with Crippen LogP contribution in [0.1, 0.15) is 55.9 Å². The number of nitrogens with zero attached hydrogens (tertiary/aromatic N) is 2. The Morgan fingerprint density at radius 3 is 2.52 bits per heavy atom. The number of benzene rings is 1. The monoisotopic (exact) mass is 365 g/mol. The zero-order valence-electron chi connectivity index (χ0n) is 14.0. The number of amides is 1. The number of hydrogen-bond acceptors (Lipinski definition) is 5. The molecule has 0 aliphatic heterocycles. The summed E-state index contributed by atoms with van der Waals surface area (Å²) in [6.07, 6.45) is 0.209. The van der Waals surface area contributed by atoms with E-state index in [1.165, 1.54) is 0 Å². The third kappa shape index (κ3) is 5.86. The number of aliphatic carboxylic acids is 1. The Labute approximate surface area is 150 Å². The van der Waals surface area contributed by atoms with Gasteiger partial charge in [-0.2, -0.15) is 4.98 Å². The van der Waals surface area contributed by atoms with E-state index in [2.05, 4.69) is 15.5 Å². The first-order valence-electron chi connectivity index (χ1n) is 7.94. The maximum absolute atomic E-state index is 12.2. The summed E-state index contributed by atoms with van der Waals surface area (Å²) in [5, 5.41) is 16.2. The molecule has 0 fully saturated rings. The van der Waals surface area contributed by atoms with E-state index >= 15 is 0 Å². The van der Waals surface area contributed by atoms with Gasteiger partial charge in [-0.3, -0.25) is 9.59 Å². The van der Waals surface area contributed by atoms with Gasteiger partial charge < -0.3 is 14.9 Å². The Morgan fingerprint density at radius 1 is 1.28 bits per heavy atom. The zero-order chi connectivity index (χ0) is 18.4. The molecule has 2 aromatic rings. The number of rotatable bonds is 8. The molecule has 134 valence electrons. The Bertz CT molecular complexity index is 728. The second-order valence-corrected chi connectivity index (χ2v) is 6.41. The second kappa shape index (κ2) is 8.62. The number of carboxylic acid groups (broad SMARTS) is 1. The van der Waals surface area contributed by atoms with Gasteiger partial charge in [-0.1, -0.05) is 42.7 Å². The lowest BCUT2D eigenvalue weighted by atomic mass is 10.0. The number of carbonyl (C=O) groups excluding carboxylic acids is 1. The molecule has 25 heavy (non-hydrogen) atoms. The fourth-order valence-corrected chi connectivity index (χ4v) is 2.34. The van der Waals surface area contributed by atoms with Crippen LogP contribution >= 0.6 is 11.6 Å². The Morgan fingerprint density at radius 2 is 1.96 bits per heavy atom. The number of hydrogen-bond donors (Lipinski definition) is 2. The lowest BCUT2D eigenvalue weighted by Crippen LogP contribution is -2.30. The summed E-state index contributed by atoms with van der Waals surface area (Å²) in [4.78, 5) is 27.4. The molecular weight excluding hydrogens is 346 g/mol. The van der Waals surface area contributed by atoms with Crippen molar-refractivity contribution >= 4 is 23.5 Å². The molecule has 0 radical (unpaired) electrons. The van der Waals surface area contributed by atoms with E-state index in [0.717, 1.165) is 0 Å². The van der Waals surface area contributed by atoms with Crippen molar-refractivity contribution in [1.82, 2.24) is 15.5 Å². The van der Waals surface area contributed by atoms with Crippen LogP contribution in [0.25, 0.3) is 0 Å². The van der Waals surface area contributed by atoms with E-state index in [4.69, 9.17) is 21.2 Å². The molecule has 0 bridgehead atoms. The largest absolute Gasteiger partial charge is 0.481 e. The molecule has 7 nitrogen and oxygen atoms in total. The molecule has 1 aromatic carbocycles. The van der Waals surface area contributed by atoms with Gasteiger partial charge in [0, 0.05) is 23.8 Å². The molecule has 0 spiro atoms. The highest BCUT2D eigenvalue weighted by Crippen LogP contribution is 2.20. The van der Waals surface area contributed by atoms with Crippen LogP contribution in [0.5, 0.6) is 0 Å². The third-order valence-electron chi connectivity index (χ3n) is 3.55. The third-order valence-corrected chi connectivity index (χ3v) is 3.80. The number of carboxylic acids is 1. The van der Waals surface area contributed by atoms with E-state index in [9.17, 15) is 9.59 Å². The van der Waals surface area contributed by atoms with Gasteiger partial charge >= 0.3 is 5.97 Å². The van der Waals surface area contributed by atoms with E-state index in [1.807, 2.05) is 13.8 Å². The molecule has 1 amide bonds. The van der Waals surface area contributed by atoms with Gasteiger partial charge in [0.05, 0.1) is 12.5 Å². The molecule has 0 saturated heterocycles. The van der Waals surface area contributed by atoms with Crippen molar-refractivity contribution in [3.8, 4) is 0 Å². The van der Waals surface area contributed by atoms with Gasteiger partial charge in [0.15, 0.2) is 5.82 Å². The average Bonchev–Trinajstić information content (AvgIpc) is 3.02. The standard InChI is InChI=1S/C17H20ClN3O4/c1-10(2)17-20-15(25-21-17)8-7-14(22)19-13(9-16(23)24)11-3-5-12(18)6-4-11/h3-6,10,13H,7-9H2,1-2H3,(H,19,22)(H,23,24)/t13-/m0/s1. The summed E-state index contributed by atoms with van der Waals surface area (Å²) in [6.45, 7) is 3.90. The van der Waals surface area contributed by atoms with Crippen molar-refractivity contribution in [3.63, 3.8) is 0 Å². The highest BCUT2D eigenvalue weighted by Gasteiger charge is 2.19. The van der Waals surface area contributed by atoms with Crippen molar-refractivity contribution < 1.29 is 19.2 Å². The number of aryl methyl sites for hydroxylation is 1. The Kier molecular flexibility index (Phi) is 6.52. The van der Waals surface area contributed by atoms with Crippen molar-refractivity contribution in [2.45, 2.75) is 45.1 Å². The van der Waals surface area contributed by atoms with E-state index < -0.39 is 12.0 Å². The van der Waals surface area contributed by atoms with Crippen LogP contribution in [0.15, 0.2) is 28.8 Å². The van der Waals surface area contributed by atoms with Crippen molar-refractivity contribution in [3.05, 3.63) is 46.6 Å². The molecule has 8 heteroatoms. The van der Waals surface area contributed by atoms with Gasteiger partial charge in [0.2, 0.25) is 11.8 Å². The van der Waals surface area contributed by atoms with Gasteiger partial charge in [0.1, 0.15) is 0 Å². The number of aromatic nitrogens is 2. The van der Waals surface area contributed by atoms with Crippen LogP contribution in [-0.4, -0.2) is 27.1 Å². The van der Waals surface area contributed by atoms with Crippen molar-refractivity contribution in [2.24, 2.45) is 0 Å². The van der Waals surface area contributed by atoms with Gasteiger partial charge in [-0.15, -0.1) is 0 Å². The smallest absolute Gasteiger partial charge is 0.305 e. The Balaban J connectivity index is 1.96. The molecule has 0 saturated carbocycles. The molecule has 1 atom stereocenters. The first kappa shape index (κ1) is 18.9. The van der Waals surface area contributed by atoms with Gasteiger partial charge in [-0.25, -0.2) is 0 Å². The van der Waals surface area contributed by atoms with E-state index in [-0.39, 0.29) is 24.7 Å². The van der Waals surface area contributed by atoms with E-state index in [0.29, 0.717) is 28.7 Å². The summed E-state index contributed by atoms with van der Waals surface area (Å²) < 4.78 is 5.09. The van der Waals surface area contributed by atoms with Gasteiger partial charge in [0.25, 0.3) is 0 Å². The molecule has 0 unspecified atom stereocenters. The predicted octanol–water partition coefficient (Wildman–Crippen LogP) is 3.11. The first-order chi connectivity index (χ1) is 11.8. The highest BCUT2D eigenvalue weighted by atomic mass is 35.5. The molecule has 0 aliphatic carbocycles. The van der Waals surface area contributed by atoms with Crippen LogP contribution in [0.2, 0.25) is 5.02 Å². The SMILES string of the molecule is CC(C)c1noc(CCC(=O)N[C@@H](CC(=O)O)c2ccc(Cl)cc2)n1. The zero-order valence-corrected chi connectivity index (χ0v) is 14.8. The van der Waals surface area contributed by atoms with Crippen molar-refractivity contribution in [1.29, 1.82) is 0 Å². The van der Waals surface area contributed by atoms with Crippen LogP contribution in [-0.2, 0) is 16.0 Å². The van der Waals surface area contributed by atoms with Crippen LogP contribution in [0, 0.1) is 0 Å². The fraction of sp³-hybridized carbons (Fsp3) is 0.412. The van der Waals surface area contributed by atoms with Crippen LogP contribution < -0.4 is 5.32 Å². The van der Waals surface area contributed by atoms with E-state index in [1.54, 1.807) is 24.3 Å². The minimum absolute atomic E-state index is 0.128. The molecule has 1 aromatic heterocycles. The maximum atomic E-state index is 12.2. The highest BCUT2D eigenvalue weighted by molar-refractivity contribution is 6.30. The number of carbonyl (C=O) groups is 2. The molecular formula is C17H20ClN3O4. The normalized spacial score (nSPS) is 12.2. The fourth-order valence-electron chi connectivity index (χ4n) is 2.21. The quantitative estimate of drug-likeness (QED) is 0.744. The molecule has 2 rings (SSSR count). The second-order valence-electron chi connectivity index (χ2n) is 5.97. The summed E-state index contributed by atoms with van der Waals surface area (Å²) >= 11 is 5.84. The number of nitrogens with one attached hydrogen (secondary N) is 1. The summed E-state index contributed by atoms with van der Waals surface area (Å²) in [5.41, 5.74) is 0.681. The maximum Gasteiger partial charge on any atom is 0.305 e. The predicted molar refractivity (Wildman–Crippen MR) is 91.3 cm³/mol. The summed E-state index contributed by atoms with van der Waals surface area (Å²) in [6, 6.07) is 6.08. The Hall–Kier alpha value is -2.41. The van der Waals surface area contributed by atoms with Crippen molar-refractivity contribution in [2.75, 3.05) is 0 Å². The molecule has 2 N–H and O–H groups in total. The molecule has 1 heterocycles. The minimum Gasteiger partial charge on any atom is -0.481 e.